The predicted molar refractivity (Wildman–Crippen MR) is 118 cm³/mol. The van der Waals surface area contributed by atoms with Crippen molar-refractivity contribution < 1.29 is 24.2 Å². The van der Waals surface area contributed by atoms with Crippen LogP contribution in [0, 0.1) is 5.92 Å². The average molecular weight is 464 g/mol. The summed E-state index contributed by atoms with van der Waals surface area (Å²) >= 11 is 7.04. The zero-order chi connectivity index (χ0) is 22.0. The predicted octanol–water partition coefficient (Wildman–Crippen LogP) is 3.46. The molecule has 2 fully saturated rings. The minimum absolute atomic E-state index is 0.207. The molecule has 2 aromatic rings. The molecule has 164 valence electrons. The number of carboxylic acid groups (broad SMARTS) is 1. The van der Waals surface area contributed by atoms with E-state index in [1.807, 2.05) is 24.3 Å². The van der Waals surface area contributed by atoms with E-state index in [-0.39, 0.29) is 18.4 Å². The number of thiophene rings is 1. The number of piperidine rings is 1. The normalized spacial score (nSPS) is 21.1. The lowest BCUT2D eigenvalue weighted by atomic mass is 9.98. The van der Waals surface area contributed by atoms with Crippen molar-refractivity contribution in [2.24, 2.45) is 5.92 Å². The van der Waals surface area contributed by atoms with Crippen molar-refractivity contribution in [2.75, 3.05) is 36.0 Å². The number of anilines is 2. The highest BCUT2D eigenvalue weighted by atomic mass is 35.5. The van der Waals surface area contributed by atoms with Gasteiger partial charge in [-0.3, -0.25) is 14.5 Å². The fourth-order valence-electron chi connectivity index (χ4n) is 3.83. The first-order valence-corrected chi connectivity index (χ1v) is 11.2. The smallest absolute Gasteiger partial charge is 0.414 e. The lowest BCUT2D eigenvalue weighted by Crippen LogP contribution is -2.38. The lowest BCUT2D eigenvalue weighted by molar-refractivity contribution is -0.141. The van der Waals surface area contributed by atoms with Gasteiger partial charge in [-0.25, -0.2) is 4.79 Å². The molecule has 3 heterocycles. The highest BCUT2D eigenvalue weighted by Crippen LogP contribution is 2.28. The number of benzene rings is 1. The van der Waals surface area contributed by atoms with E-state index in [1.54, 1.807) is 12.1 Å². The maximum atomic E-state index is 12.3. The number of rotatable bonds is 6. The van der Waals surface area contributed by atoms with E-state index in [0.717, 1.165) is 18.7 Å². The molecule has 2 aliphatic heterocycles. The highest BCUT2D eigenvalue weighted by Gasteiger charge is 2.33. The molecule has 0 radical (unpaired) electrons. The molecular weight excluding hydrogens is 442 g/mol. The summed E-state index contributed by atoms with van der Waals surface area (Å²) < 4.78 is 5.92. The van der Waals surface area contributed by atoms with E-state index >= 15 is 0 Å². The molecule has 31 heavy (non-hydrogen) atoms. The van der Waals surface area contributed by atoms with Gasteiger partial charge in [0.15, 0.2) is 0 Å². The zero-order valence-electron chi connectivity index (χ0n) is 16.6. The fourth-order valence-corrected chi connectivity index (χ4v) is 4.78. The van der Waals surface area contributed by atoms with Crippen molar-refractivity contribution in [2.45, 2.75) is 18.9 Å². The quantitative estimate of drug-likeness (QED) is 0.680. The molecule has 4 rings (SSSR count). The molecular formula is C21H22ClN3O5S. The number of hydrogen-bond acceptors (Lipinski definition) is 6. The number of amides is 2. The third-order valence-electron chi connectivity index (χ3n) is 5.46. The van der Waals surface area contributed by atoms with Gasteiger partial charge in [-0.15, -0.1) is 11.3 Å². The van der Waals surface area contributed by atoms with Gasteiger partial charge in [0.2, 0.25) is 0 Å². The first kappa shape index (κ1) is 21.5. The van der Waals surface area contributed by atoms with Crippen molar-refractivity contribution >= 4 is 52.3 Å². The van der Waals surface area contributed by atoms with Crippen LogP contribution < -0.4 is 15.1 Å². The van der Waals surface area contributed by atoms with Crippen LogP contribution in [0.1, 0.15) is 22.5 Å². The first-order valence-electron chi connectivity index (χ1n) is 10.00. The zero-order valence-corrected chi connectivity index (χ0v) is 18.2. The van der Waals surface area contributed by atoms with Gasteiger partial charge < -0.3 is 20.1 Å². The minimum atomic E-state index is -0.763. The summed E-state index contributed by atoms with van der Waals surface area (Å²) in [6.07, 6.45) is 0.614. The van der Waals surface area contributed by atoms with Crippen molar-refractivity contribution in [3.8, 4) is 0 Å². The van der Waals surface area contributed by atoms with Gasteiger partial charge in [0.25, 0.3) is 5.91 Å². The lowest BCUT2D eigenvalue weighted by Gasteiger charge is -2.32. The number of cyclic esters (lactones) is 1. The van der Waals surface area contributed by atoms with Gasteiger partial charge in [0, 0.05) is 24.5 Å². The van der Waals surface area contributed by atoms with Gasteiger partial charge in [-0.05, 0) is 49.2 Å². The summed E-state index contributed by atoms with van der Waals surface area (Å²) in [5.74, 6) is -1.37. The highest BCUT2D eigenvalue weighted by molar-refractivity contribution is 7.18. The minimum Gasteiger partial charge on any atom is -0.481 e. The molecule has 0 saturated carbocycles. The van der Waals surface area contributed by atoms with Crippen LogP contribution >= 0.6 is 22.9 Å². The van der Waals surface area contributed by atoms with E-state index in [0.29, 0.717) is 34.4 Å². The van der Waals surface area contributed by atoms with Gasteiger partial charge in [-0.1, -0.05) is 11.6 Å². The van der Waals surface area contributed by atoms with E-state index in [2.05, 4.69) is 10.2 Å². The number of carbonyl (C=O) groups is 3. The van der Waals surface area contributed by atoms with E-state index in [9.17, 15) is 19.5 Å². The van der Waals surface area contributed by atoms with Crippen LogP contribution in [-0.4, -0.2) is 55.4 Å². The van der Waals surface area contributed by atoms with Crippen LogP contribution in [-0.2, 0) is 9.53 Å². The number of halogens is 1. The number of hydrogen-bond donors (Lipinski definition) is 2. The Balaban J connectivity index is 1.33. The Labute approximate surface area is 188 Å². The number of nitrogens with one attached hydrogen (secondary N) is 1. The number of carbonyl (C=O) groups excluding carboxylic acids is 2. The summed E-state index contributed by atoms with van der Waals surface area (Å²) in [4.78, 5) is 39.8. The van der Waals surface area contributed by atoms with Crippen LogP contribution in [0.5, 0.6) is 0 Å². The molecule has 8 nitrogen and oxygen atoms in total. The second-order valence-electron chi connectivity index (χ2n) is 7.57. The van der Waals surface area contributed by atoms with Crippen molar-refractivity contribution in [1.82, 2.24) is 5.32 Å². The summed E-state index contributed by atoms with van der Waals surface area (Å²) in [5, 5.41) is 12.0. The Morgan fingerprint density at radius 1 is 1.16 bits per heavy atom. The second-order valence-corrected chi connectivity index (χ2v) is 9.29. The Morgan fingerprint density at radius 3 is 2.58 bits per heavy atom. The van der Waals surface area contributed by atoms with Crippen molar-refractivity contribution in [3.63, 3.8) is 0 Å². The van der Waals surface area contributed by atoms with Crippen molar-refractivity contribution in [1.29, 1.82) is 0 Å². The maximum Gasteiger partial charge on any atom is 0.414 e. The number of aliphatic carboxylic acids is 1. The fraction of sp³-hybridized carbons (Fsp3) is 0.381. The summed E-state index contributed by atoms with van der Waals surface area (Å²) in [6, 6.07) is 10.8. The molecule has 0 aliphatic carbocycles. The van der Waals surface area contributed by atoms with Gasteiger partial charge in [0.1, 0.15) is 6.10 Å². The van der Waals surface area contributed by atoms with Gasteiger partial charge in [-0.2, -0.15) is 0 Å². The molecule has 1 unspecified atom stereocenters. The summed E-state index contributed by atoms with van der Waals surface area (Å²) in [5.41, 5.74) is 1.63. The molecule has 2 aliphatic rings. The van der Waals surface area contributed by atoms with Crippen LogP contribution in [0.2, 0.25) is 4.34 Å². The Morgan fingerprint density at radius 2 is 1.90 bits per heavy atom. The largest absolute Gasteiger partial charge is 0.481 e. The molecule has 0 bridgehead atoms. The SMILES string of the molecule is O=C(NC[C@H]1CN(c2ccc(N3CCCC(C(=O)O)C3)cc2)C(=O)O1)c1ccc(Cl)s1. The maximum absolute atomic E-state index is 12.3. The molecule has 10 heteroatoms. The number of nitrogens with zero attached hydrogens (tertiary/aromatic N) is 2. The molecule has 0 spiro atoms. The molecule has 1 aromatic carbocycles. The monoisotopic (exact) mass is 463 g/mol. The average Bonchev–Trinajstić information content (AvgIpc) is 3.37. The Kier molecular flexibility index (Phi) is 6.33. The Bertz CT molecular complexity index is 980. The number of carboxylic acids is 1. The van der Waals surface area contributed by atoms with Gasteiger partial charge >= 0.3 is 12.1 Å². The van der Waals surface area contributed by atoms with Crippen LogP contribution in [0.3, 0.4) is 0 Å². The number of ether oxygens (including phenoxy) is 1. The van der Waals surface area contributed by atoms with Crippen LogP contribution in [0.15, 0.2) is 36.4 Å². The topological polar surface area (TPSA) is 99.2 Å². The molecule has 2 saturated heterocycles. The standard InChI is InChI=1S/C21H22ClN3O5S/c22-18-8-7-17(31-18)19(26)23-10-16-12-25(21(29)30-16)15-5-3-14(4-6-15)24-9-1-2-13(11-24)20(27)28/h3-8,13,16H,1-2,9-12H2,(H,23,26)(H,27,28)/t13?,16-/m0/s1. The Hall–Kier alpha value is -2.78. The van der Waals surface area contributed by atoms with E-state index in [4.69, 9.17) is 16.3 Å². The first-order chi connectivity index (χ1) is 14.9. The van der Waals surface area contributed by atoms with E-state index < -0.39 is 18.2 Å². The van der Waals surface area contributed by atoms with Crippen LogP contribution in [0.4, 0.5) is 16.2 Å². The third-order valence-corrected chi connectivity index (χ3v) is 6.69. The second kappa shape index (κ2) is 9.15. The van der Waals surface area contributed by atoms with Crippen molar-refractivity contribution in [3.05, 3.63) is 45.6 Å². The van der Waals surface area contributed by atoms with E-state index in [1.165, 1.54) is 16.2 Å². The molecule has 1 aromatic heterocycles. The van der Waals surface area contributed by atoms with Gasteiger partial charge in [0.05, 0.1) is 28.2 Å². The third kappa shape index (κ3) is 4.94. The van der Waals surface area contributed by atoms with Crippen LogP contribution in [0.25, 0.3) is 0 Å². The molecule has 2 atom stereocenters. The molecule has 2 amide bonds. The summed E-state index contributed by atoms with van der Waals surface area (Å²) in [7, 11) is 0. The summed E-state index contributed by atoms with van der Waals surface area (Å²) in [6.45, 7) is 1.83. The molecule has 2 N–H and O–H groups in total.